The SMILES string of the molecule is c1ccc(CCNc2nc(N3CCCCCCC3)c3ccccc3n2)cc1. The average molecular weight is 361 g/mol. The summed E-state index contributed by atoms with van der Waals surface area (Å²) in [6, 6.07) is 18.9. The predicted molar refractivity (Wildman–Crippen MR) is 113 cm³/mol. The molecule has 4 nitrogen and oxygen atoms in total. The second-order valence-electron chi connectivity index (χ2n) is 7.31. The van der Waals surface area contributed by atoms with Gasteiger partial charge in [-0.2, -0.15) is 4.98 Å². The van der Waals surface area contributed by atoms with E-state index < -0.39 is 0 Å². The van der Waals surface area contributed by atoms with Gasteiger partial charge in [-0.3, -0.25) is 0 Å². The Kier molecular flexibility index (Phi) is 5.83. The number of aromatic nitrogens is 2. The van der Waals surface area contributed by atoms with Gasteiger partial charge in [0, 0.05) is 25.0 Å². The van der Waals surface area contributed by atoms with Gasteiger partial charge in [0.05, 0.1) is 5.52 Å². The molecule has 4 rings (SSSR count). The van der Waals surface area contributed by atoms with Crippen LogP contribution in [0.25, 0.3) is 10.9 Å². The quantitative estimate of drug-likeness (QED) is 0.691. The molecule has 0 radical (unpaired) electrons. The van der Waals surface area contributed by atoms with E-state index in [4.69, 9.17) is 9.97 Å². The van der Waals surface area contributed by atoms with Crippen molar-refractivity contribution in [3.63, 3.8) is 0 Å². The normalized spacial score (nSPS) is 15.3. The Labute approximate surface area is 161 Å². The second-order valence-corrected chi connectivity index (χ2v) is 7.31. The first-order valence-corrected chi connectivity index (χ1v) is 10.2. The molecule has 0 unspecified atom stereocenters. The fraction of sp³-hybridized carbons (Fsp3) is 0.391. The monoisotopic (exact) mass is 360 g/mol. The topological polar surface area (TPSA) is 41.1 Å². The van der Waals surface area contributed by atoms with Crippen molar-refractivity contribution in [1.82, 2.24) is 9.97 Å². The van der Waals surface area contributed by atoms with E-state index in [1.165, 1.54) is 37.7 Å². The van der Waals surface area contributed by atoms with E-state index >= 15 is 0 Å². The van der Waals surface area contributed by atoms with Crippen LogP contribution in [0.15, 0.2) is 54.6 Å². The summed E-state index contributed by atoms with van der Waals surface area (Å²) in [7, 11) is 0. The highest BCUT2D eigenvalue weighted by molar-refractivity contribution is 5.90. The van der Waals surface area contributed by atoms with Crippen LogP contribution in [0.1, 0.15) is 37.7 Å². The van der Waals surface area contributed by atoms with Crippen LogP contribution in [0.4, 0.5) is 11.8 Å². The molecule has 1 aliphatic rings. The first kappa shape index (κ1) is 17.8. The van der Waals surface area contributed by atoms with Crippen molar-refractivity contribution in [1.29, 1.82) is 0 Å². The molecule has 0 spiro atoms. The fourth-order valence-corrected chi connectivity index (χ4v) is 3.80. The van der Waals surface area contributed by atoms with Crippen molar-refractivity contribution in [3.8, 4) is 0 Å². The lowest BCUT2D eigenvalue weighted by molar-refractivity contribution is 0.554. The Morgan fingerprint density at radius 1 is 0.778 bits per heavy atom. The highest BCUT2D eigenvalue weighted by Gasteiger charge is 2.15. The summed E-state index contributed by atoms with van der Waals surface area (Å²) in [4.78, 5) is 12.2. The van der Waals surface area contributed by atoms with Gasteiger partial charge in [-0.25, -0.2) is 4.98 Å². The highest BCUT2D eigenvalue weighted by atomic mass is 15.2. The first-order chi connectivity index (χ1) is 13.4. The summed E-state index contributed by atoms with van der Waals surface area (Å²) in [5.74, 6) is 1.83. The summed E-state index contributed by atoms with van der Waals surface area (Å²) in [6.45, 7) is 3.01. The Balaban J connectivity index is 1.56. The Hall–Kier alpha value is -2.62. The van der Waals surface area contributed by atoms with Gasteiger partial charge in [-0.1, -0.05) is 61.7 Å². The molecule has 0 amide bonds. The number of hydrogen-bond acceptors (Lipinski definition) is 4. The molecular formula is C23H28N4. The third-order valence-electron chi connectivity index (χ3n) is 5.28. The van der Waals surface area contributed by atoms with Crippen molar-refractivity contribution >= 4 is 22.7 Å². The summed E-state index contributed by atoms with van der Waals surface area (Å²) < 4.78 is 0. The molecule has 2 aromatic carbocycles. The molecule has 1 saturated heterocycles. The standard InChI is InChI=1S/C23H28N4/c1-2-9-17-27(18-10-3-1)22-20-13-7-8-14-21(20)25-23(26-22)24-16-15-19-11-5-4-6-12-19/h4-8,11-14H,1-3,9-10,15-18H2,(H,24,25,26). The minimum absolute atomic E-state index is 0.738. The smallest absolute Gasteiger partial charge is 0.225 e. The molecule has 140 valence electrons. The van der Waals surface area contributed by atoms with E-state index in [1.807, 2.05) is 0 Å². The van der Waals surface area contributed by atoms with Crippen molar-refractivity contribution in [2.45, 2.75) is 38.5 Å². The van der Waals surface area contributed by atoms with E-state index in [1.54, 1.807) is 0 Å². The number of para-hydroxylation sites is 1. The van der Waals surface area contributed by atoms with Crippen LogP contribution < -0.4 is 10.2 Å². The van der Waals surface area contributed by atoms with Gasteiger partial charge in [0.2, 0.25) is 5.95 Å². The van der Waals surface area contributed by atoms with Gasteiger partial charge in [0.25, 0.3) is 0 Å². The zero-order chi connectivity index (χ0) is 18.3. The van der Waals surface area contributed by atoms with E-state index in [2.05, 4.69) is 64.8 Å². The molecule has 1 fully saturated rings. The predicted octanol–water partition coefficient (Wildman–Crippen LogP) is 5.05. The van der Waals surface area contributed by atoms with Crippen LogP contribution in [0, 0.1) is 0 Å². The maximum Gasteiger partial charge on any atom is 0.225 e. The number of rotatable bonds is 5. The summed E-state index contributed by atoms with van der Waals surface area (Å²) in [6.07, 6.45) is 7.47. The van der Waals surface area contributed by atoms with E-state index in [0.29, 0.717) is 0 Å². The van der Waals surface area contributed by atoms with Crippen LogP contribution in [0.2, 0.25) is 0 Å². The van der Waals surface area contributed by atoms with Crippen LogP contribution in [-0.2, 0) is 6.42 Å². The summed E-state index contributed by atoms with van der Waals surface area (Å²) in [5.41, 5.74) is 2.35. The van der Waals surface area contributed by atoms with E-state index in [0.717, 1.165) is 48.7 Å². The summed E-state index contributed by atoms with van der Waals surface area (Å²) in [5, 5.41) is 4.60. The number of nitrogens with one attached hydrogen (secondary N) is 1. The number of nitrogens with zero attached hydrogens (tertiary/aromatic N) is 3. The van der Waals surface area contributed by atoms with Gasteiger partial charge in [-0.05, 0) is 37.0 Å². The lowest BCUT2D eigenvalue weighted by Gasteiger charge is -2.27. The minimum atomic E-state index is 0.738. The highest BCUT2D eigenvalue weighted by Crippen LogP contribution is 2.27. The van der Waals surface area contributed by atoms with Crippen molar-refractivity contribution in [2.24, 2.45) is 0 Å². The molecule has 0 aliphatic carbocycles. The zero-order valence-corrected chi connectivity index (χ0v) is 15.9. The second kappa shape index (κ2) is 8.85. The lowest BCUT2D eigenvalue weighted by Crippen LogP contribution is -2.28. The third-order valence-corrected chi connectivity index (χ3v) is 5.28. The van der Waals surface area contributed by atoms with E-state index in [-0.39, 0.29) is 0 Å². The molecule has 3 aromatic rings. The van der Waals surface area contributed by atoms with Gasteiger partial charge < -0.3 is 10.2 Å². The Morgan fingerprint density at radius 3 is 2.30 bits per heavy atom. The van der Waals surface area contributed by atoms with Crippen LogP contribution in [0.3, 0.4) is 0 Å². The third kappa shape index (κ3) is 4.57. The maximum atomic E-state index is 4.93. The number of benzene rings is 2. The fourth-order valence-electron chi connectivity index (χ4n) is 3.80. The minimum Gasteiger partial charge on any atom is -0.356 e. The van der Waals surface area contributed by atoms with E-state index in [9.17, 15) is 0 Å². The van der Waals surface area contributed by atoms with Crippen molar-refractivity contribution < 1.29 is 0 Å². The van der Waals surface area contributed by atoms with Crippen molar-refractivity contribution in [3.05, 3.63) is 60.2 Å². The Morgan fingerprint density at radius 2 is 1.48 bits per heavy atom. The van der Waals surface area contributed by atoms with Gasteiger partial charge in [0.1, 0.15) is 5.82 Å². The van der Waals surface area contributed by atoms with Crippen molar-refractivity contribution in [2.75, 3.05) is 29.9 Å². The molecule has 0 saturated carbocycles. The maximum absolute atomic E-state index is 4.93. The molecule has 4 heteroatoms. The van der Waals surface area contributed by atoms with Gasteiger partial charge >= 0.3 is 0 Å². The van der Waals surface area contributed by atoms with Crippen LogP contribution in [-0.4, -0.2) is 29.6 Å². The molecule has 2 heterocycles. The molecule has 27 heavy (non-hydrogen) atoms. The first-order valence-electron chi connectivity index (χ1n) is 10.2. The molecular weight excluding hydrogens is 332 g/mol. The number of fused-ring (bicyclic) bond motifs is 1. The number of hydrogen-bond donors (Lipinski definition) is 1. The molecule has 1 aliphatic heterocycles. The average Bonchev–Trinajstić information content (AvgIpc) is 2.68. The molecule has 1 N–H and O–H groups in total. The van der Waals surface area contributed by atoms with Crippen LogP contribution in [0.5, 0.6) is 0 Å². The Bertz CT molecular complexity index is 855. The summed E-state index contributed by atoms with van der Waals surface area (Å²) >= 11 is 0. The number of anilines is 2. The van der Waals surface area contributed by atoms with Gasteiger partial charge in [0.15, 0.2) is 0 Å². The molecule has 0 bridgehead atoms. The lowest BCUT2D eigenvalue weighted by atomic mass is 10.1. The largest absolute Gasteiger partial charge is 0.356 e. The molecule has 0 atom stereocenters. The van der Waals surface area contributed by atoms with Crippen LogP contribution >= 0.6 is 0 Å². The zero-order valence-electron chi connectivity index (χ0n) is 15.9. The molecule has 1 aromatic heterocycles. The van der Waals surface area contributed by atoms with Gasteiger partial charge in [-0.15, -0.1) is 0 Å².